The Morgan fingerprint density at radius 2 is 1.94 bits per heavy atom. The van der Waals surface area contributed by atoms with Crippen molar-refractivity contribution in [3.05, 3.63) is 89.2 Å². The summed E-state index contributed by atoms with van der Waals surface area (Å²) in [7, 11) is 0. The van der Waals surface area contributed by atoms with Gasteiger partial charge in [-0.15, -0.1) is 0 Å². The number of nitrogens with one attached hydrogen (secondary N) is 1. The van der Waals surface area contributed by atoms with Crippen LogP contribution in [-0.4, -0.2) is 34.8 Å². The second kappa shape index (κ2) is 10.3. The van der Waals surface area contributed by atoms with Gasteiger partial charge in [0.2, 0.25) is 5.91 Å². The average Bonchev–Trinajstić information content (AvgIpc) is 2.84. The van der Waals surface area contributed by atoms with Gasteiger partial charge in [0.15, 0.2) is 0 Å². The number of ether oxygens (including phenoxy) is 1. The number of anilines is 1. The predicted molar refractivity (Wildman–Crippen MR) is 124 cm³/mol. The first-order valence-corrected chi connectivity index (χ1v) is 10.9. The van der Waals surface area contributed by atoms with E-state index >= 15 is 0 Å². The molecule has 1 aromatic heterocycles. The minimum Gasteiger partial charge on any atom is -0.487 e. The molecule has 1 aliphatic rings. The summed E-state index contributed by atoms with van der Waals surface area (Å²) in [6.07, 6.45) is 3.25. The number of piperidine rings is 1. The molecule has 1 N–H and O–H groups in total. The summed E-state index contributed by atoms with van der Waals surface area (Å²) >= 11 is 5.92. The quantitative estimate of drug-likeness (QED) is 0.586. The zero-order valence-corrected chi connectivity index (χ0v) is 18.3. The number of halogens is 1. The second-order valence-electron chi connectivity index (χ2n) is 7.72. The van der Waals surface area contributed by atoms with Gasteiger partial charge in [-0.25, -0.2) is 0 Å². The van der Waals surface area contributed by atoms with Gasteiger partial charge in [-0.05, 0) is 61.4 Å². The zero-order chi connectivity index (χ0) is 22.3. The Labute approximate surface area is 192 Å². The van der Waals surface area contributed by atoms with Crippen LogP contribution >= 0.6 is 11.6 Å². The average molecular weight is 450 g/mol. The molecule has 2 aromatic carbocycles. The maximum atomic E-state index is 12.9. The van der Waals surface area contributed by atoms with E-state index in [1.165, 1.54) is 0 Å². The fourth-order valence-electron chi connectivity index (χ4n) is 3.70. The molecule has 0 radical (unpaired) electrons. The minimum absolute atomic E-state index is 0.0796. The Bertz CT molecular complexity index is 1070. The lowest BCUT2D eigenvalue weighted by Crippen LogP contribution is -2.43. The molecule has 0 saturated carbocycles. The highest BCUT2D eigenvalue weighted by atomic mass is 35.5. The molecule has 2 amide bonds. The van der Waals surface area contributed by atoms with E-state index in [0.29, 0.717) is 41.7 Å². The molecular weight excluding hydrogens is 426 g/mol. The Kier molecular flexibility index (Phi) is 7.02. The van der Waals surface area contributed by atoms with Crippen LogP contribution in [0.25, 0.3) is 0 Å². The molecule has 1 atom stereocenters. The third-order valence-corrected chi connectivity index (χ3v) is 5.64. The van der Waals surface area contributed by atoms with Crippen LogP contribution in [0.1, 0.15) is 28.9 Å². The monoisotopic (exact) mass is 449 g/mol. The maximum absolute atomic E-state index is 12.9. The Morgan fingerprint density at radius 3 is 2.72 bits per heavy atom. The number of likely N-dealkylation sites (tertiary alicyclic amines) is 1. The number of hydrogen-bond donors (Lipinski definition) is 1. The molecule has 3 aromatic rings. The minimum atomic E-state index is -0.266. The van der Waals surface area contributed by atoms with Gasteiger partial charge < -0.3 is 15.0 Å². The van der Waals surface area contributed by atoms with E-state index in [2.05, 4.69) is 10.3 Å². The molecule has 0 spiro atoms. The number of carbonyl (C=O) groups excluding carboxylic acids is 2. The molecule has 1 aliphatic heterocycles. The number of benzene rings is 2. The molecule has 164 valence electrons. The van der Waals surface area contributed by atoms with Crippen LogP contribution in [-0.2, 0) is 11.4 Å². The zero-order valence-electron chi connectivity index (χ0n) is 17.5. The van der Waals surface area contributed by atoms with E-state index in [1.54, 1.807) is 41.4 Å². The van der Waals surface area contributed by atoms with Gasteiger partial charge >= 0.3 is 0 Å². The summed E-state index contributed by atoms with van der Waals surface area (Å²) in [4.78, 5) is 31.7. The largest absolute Gasteiger partial charge is 0.487 e. The first kappa shape index (κ1) is 21.8. The number of nitrogens with zero attached hydrogens (tertiary/aromatic N) is 2. The highest BCUT2D eigenvalue weighted by Crippen LogP contribution is 2.23. The Morgan fingerprint density at radius 1 is 1.09 bits per heavy atom. The fraction of sp³-hybridized carbons (Fsp3) is 0.240. The molecule has 7 heteroatoms. The van der Waals surface area contributed by atoms with Gasteiger partial charge in [-0.2, -0.15) is 0 Å². The molecule has 1 saturated heterocycles. The molecule has 6 nitrogen and oxygen atoms in total. The summed E-state index contributed by atoms with van der Waals surface area (Å²) in [5, 5.41) is 3.55. The second-order valence-corrected chi connectivity index (χ2v) is 8.16. The Balaban J connectivity index is 1.35. The number of amides is 2. The molecule has 32 heavy (non-hydrogen) atoms. The summed E-state index contributed by atoms with van der Waals surface area (Å²) in [6, 6.07) is 19.8. The van der Waals surface area contributed by atoms with Crippen LogP contribution in [0.15, 0.2) is 72.9 Å². The van der Waals surface area contributed by atoms with Crippen molar-refractivity contribution in [1.29, 1.82) is 0 Å². The fourth-order valence-corrected chi connectivity index (χ4v) is 3.83. The number of carbonyl (C=O) groups is 2. The summed E-state index contributed by atoms with van der Waals surface area (Å²) in [5.74, 6) is 0.208. The Hall–Kier alpha value is -3.38. The SMILES string of the molecule is O=C(Nc1cccc(OCc2ccccn2)c1)[C@H]1CCCN(C(=O)c2ccc(Cl)cc2)C1. The van der Waals surface area contributed by atoms with Crippen LogP contribution < -0.4 is 10.1 Å². The van der Waals surface area contributed by atoms with E-state index in [0.717, 1.165) is 18.5 Å². The lowest BCUT2D eigenvalue weighted by Gasteiger charge is -2.32. The van der Waals surface area contributed by atoms with Crippen LogP contribution in [0, 0.1) is 5.92 Å². The number of aromatic nitrogens is 1. The van der Waals surface area contributed by atoms with Gasteiger partial charge in [-0.1, -0.05) is 23.7 Å². The summed E-state index contributed by atoms with van der Waals surface area (Å²) in [5.41, 5.74) is 2.07. The van der Waals surface area contributed by atoms with Gasteiger partial charge in [0, 0.05) is 41.6 Å². The smallest absolute Gasteiger partial charge is 0.253 e. The molecule has 1 fully saturated rings. The van der Waals surface area contributed by atoms with Crippen molar-refractivity contribution in [1.82, 2.24) is 9.88 Å². The predicted octanol–water partition coefficient (Wildman–Crippen LogP) is 4.80. The van der Waals surface area contributed by atoms with Gasteiger partial charge in [-0.3, -0.25) is 14.6 Å². The van der Waals surface area contributed by atoms with Gasteiger partial charge in [0.25, 0.3) is 5.91 Å². The van der Waals surface area contributed by atoms with E-state index in [4.69, 9.17) is 16.3 Å². The van der Waals surface area contributed by atoms with Crippen molar-refractivity contribution < 1.29 is 14.3 Å². The van der Waals surface area contributed by atoms with Crippen molar-refractivity contribution >= 4 is 29.1 Å². The maximum Gasteiger partial charge on any atom is 0.253 e. The van der Waals surface area contributed by atoms with Crippen molar-refractivity contribution in [2.75, 3.05) is 18.4 Å². The van der Waals surface area contributed by atoms with Crippen LogP contribution in [0.3, 0.4) is 0 Å². The van der Waals surface area contributed by atoms with E-state index in [9.17, 15) is 9.59 Å². The van der Waals surface area contributed by atoms with Crippen molar-refractivity contribution in [3.63, 3.8) is 0 Å². The topological polar surface area (TPSA) is 71.5 Å². The van der Waals surface area contributed by atoms with Crippen molar-refractivity contribution in [2.45, 2.75) is 19.4 Å². The first-order valence-electron chi connectivity index (χ1n) is 10.6. The van der Waals surface area contributed by atoms with E-state index in [1.807, 2.05) is 36.4 Å². The van der Waals surface area contributed by atoms with Gasteiger partial charge in [0.05, 0.1) is 11.6 Å². The molecule has 2 heterocycles. The van der Waals surface area contributed by atoms with Crippen LogP contribution in [0.2, 0.25) is 5.02 Å². The first-order chi connectivity index (χ1) is 15.6. The number of hydrogen-bond acceptors (Lipinski definition) is 4. The summed E-state index contributed by atoms with van der Waals surface area (Å²) in [6.45, 7) is 1.38. The van der Waals surface area contributed by atoms with E-state index < -0.39 is 0 Å². The van der Waals surface area contributed by atoms with Gasteiger partial charge in [0.1, 0.15) is 12.4 Å². The third-order valence-electron chi connectivity index (χ3n) is 5.39. The van der Waals surface area contributed by atoms with E-state index in [-0.39, 0.29) is 17.7 Å². The lowest BCUT2D eigenvalue weighted by atomic mass is 9.96. The molecule has 0 bridgehead atoms. The summed E-state index contributed by atoms with van der Waals surface area (Å²) < 4.78 is 5.79. The third kappa shape index (κ3) is 5.65. The van der Waals surface area contributed by atoms with Crippen LogP contribution in [0.4, 0.5) is 5.69 Å². The van der Waals surface area contributed by atoms with Crippen LogP contribution in [0.5, 0.6) is 5.75 Å². The molecular formula is C25H24ClN3O3. The highest BCUT2D eigenvalue weighted by molar-refractivity contribution is 6.30. The standard InChI is InChI=1S/C25H24ClN3O3/c26-20-11-9-18(10-12-20)25(31)29-14-4-5-19(16-29)24(30)28-21-7-3-8-23(15-21)32-17-22-6-1-2-13-27-22/h1-3,6-13,15,19H,4-5,14,16-17H2,(H,28,30)/t19-/m0/s1. The van der Waals surface area contributed by atoms with Crippen molar-refractivity contribution in [3.8, 4) is 5.75 Å². The van der Waals surface area contributed by atoms with Crippen molar-refractivity contribution in [2.24, 2.45) is 5.92 Å². The molecule has 0 aliphatic carbocycles. The number of pyridine rings is 1. The number of rotatable bonds is 6. The lowest BCUT2D eigenvalue weighted by molar-refractivity contribution is -0.121. The molecule has 0 unspecified atom stereocenters. The molecule has 4 rings (SSSR count). The highest BCUT2D eigenvalue weighted by Gasteiger charge is 2.29. The normalized spacial score (nSPS) is 15.8.